The molecule has 1 aromatic carbocycles. The summed E-state index contributed by atoms with van der Waals surface area (Å²) in [5.74, 6) is 1.01. The molecule has 0 saturated heterocycles. The Kier molecular flexibility index (Phi) is 6.42. The van der Waals surface area contributed by atoms with E-state index in [1.165, 1.54) is 0 Å². The minimum atomic E-state index is -0.732. The van der Waals surface area contributed by atoms with Crippen molar-refractivity contribution in [3.8, 4) is 5.75 Å². The van der Waals surface area contributed by atoms with Gasteiger partial charge in [-0.05, 0) is 56.4 Å². The number of carbonyl (C=O) groups excluding carboxylic acids is 1. The molecule has 0 bridgehead atoms. The van der Waals surface area contributed by atoms with E-state index in [0.29, 0.717) is 25.7 Å². The highest BCUT2D eigenvalue weighted by Gasteiger charge is 2.48. The zero-order chi connectivity index (χ0) is 16.7. The first-order chi connectivity index (χ1) is 11.1. The van der Waals surface area contributed by atoms with Crippen LogP contribution in [0.1, 0.15) is 33.1 Å². The Balaban J connectivity index is 1.93. The number of nitrogens with one attached hydrogen (secondary N) is 1. The fourth-order valence-corrected chi connectivity index (χ4v) is 2.45. The molecule has 1 atom stereocenters. The lowest BCUT2D eigenvalue weighted by Crippen LogP contribution is -2.45. The van der Waals surface area contributed by atoms with Gasteiger partial charge >= 0.3 is 0 Å². The van der Waals surface area contributed by atoms with E-state index in [1.54, 1.807) is 7.11 Å². The van der Waals surface area contributed by atoms with Gasteiger partial charge in [0.05, 0.1) is 6.61 Å². The van der Waals surface area contributed by atoms with E-state index in [2.05, 4.69) is 5.32 Å². The normalized spacial score (nSPS) is 16.7. The molecule has 1 amide bonds. The predicted molar refractivity (Wildman–Crippen MR) is 89.8 cm³/mol. The molecule has 0 spiro atoms. The van der Waals surface area contributed by atoms with Gasteiger partial charge in [-0.3, -0.25) is 4.79 Å². The summed E-state index contributed by atoms with van der Waals surface area (Å²) in [6.45, 7) is 5.61. The highest BCUT2D eigenvalue weighted by Crippen LogP contribution is 2.42. The maximum absolute atomic E-state index is 12.6. The van der Waals surface area contributed by atoms with Crippen molar-refractivity contribution in [2.75, 3.05) is 32.2 Å². The third kappa shape index (κ3) is 4.94. The van der Waals surface area contributed by atoms with Crippen LogP contribution in [0.3, 0.4) is 0 Å². The van der Waals surface area contributed by atoms with E-state index in [9.17, 15) is 4.79 Å². The van der Waals surface area contributed by atoms with E-state index < -0.39 is 5.60 Å². The summed E-state index contributed by atoms with van der Waals surface area (Å²) < 4.78 is 16.3. The summed E-state index contributed by atoms with van der Waals surface area (Å²) >= 11 is 0. The van der Waals surface area contributed by atoms with Crippen LogP contribution in [0.2, 0.25) is 0 Å². The highest BCUT2D eigenvalue weighted by molar-refractivity contribution is 5.97. The number of hydrogen-bond donors (Lipinski definition) is 1. The number of methoxy groups -OCH3 is 1. The Morgan fingerprint density at radius 2 is 1.91 bits per heavy atom. The molecule has 0 aromatic heterocycles. The van der Waals surface area contributed by atoms with Gasteiger partial charge in [-0.15, -0.1) is 0 Å². The van der Waals surface area contributed by atoms with Gasteiger partial charge in [0.1, 0.15) is 18.0 Å². The molecule has 1 aliphatic rings. The second-order valence-electron chi connectivity index (χ2n) is 6.05. The van der Waals surface area contributed by atoms with Crippen LogP contribution >= 0.6 is 0 Å². The number of benzene rings is 1. The molecule has 1 fully saturated rings. The molecule has 5 heteroatoms. The van der Waals surface area contributed by atoms with E-state index in [4.69, 9.17) is 14.2 Å². The van der Waals surface area contributed by atoms with Crippen LogP contribution in [0.5, 0.6) is 5.75 Å². The number of rotatable bonds is 10. The fraction of sp³-hybridized carbons (Fsp3) is 0.611. The zero-order valence-electron chi connectivity index (χ0n) is 14.3. The highest BCUT2D eigenvalue weighted by atomic mass is 16.5. The van der Waals surface area contributed by atoms with Crippen LogP contribution in [0, 0.1) is 5.92 Å². The first-order valence-corrected chi connectivity index (χ1v) is 8.27. The van der Waals surface area contributed by atoms with Crippen LogP contribution in [-0.2, 0) is 14.3 Å². The van der Waals surface area contributed by atoms with E-state index in [1.807, 2.05) is 38.1 Å². The standard InChI is InChI=1S/C18H27NO4/c1-4-11-23-18(2,14-5-6-14)17(20)19-15-7-9-16(10-8-15)22-13-12-21-3/h7-10,14H,4-6,11-13H2,1-3H3,(H,19,20)/t18-/m1/s1. The SMILES string of the molecule is CCCO[C@@](C)(C(=O)Nc1ccc(OCCOC)cc1)C1CC1. The fourth-order valence-electron chi connectivity index (χ4n) is 2.45. The first kappa shape index (κ1) is 17.8. The van der Waals surface area contributed by atoms with Gasteiger partial charge in [0.15, 0.2) is 0 Å². The van der Waals surface area contributed by atoms with Gasteiger partial charge in [0.25, 0.3) is 5.91 Å². The second-order valence-corrected chi connectivity index (χ2v) is 6.05. The topological polar surface area (TPSA) is 56.8 Å². The number of amides is 1. The lowest BCUT2D eigenvalue weighted by atomic mass is 9.98. The summed E-state index contributed by atoms with van der Waals surface area (Å²) in [5.41, 5.74) is 0.0185. The molecule has 1 saturated carbocycles. The van der Waals surface area contributed by atoms with Crippen molar-refractivity contribution < 1.29 is 19.0 Å². The van der Waals surface area contributed by atoms with E-state index >= 15 is 0 Å². The van der Waals surface area contributed by atoms with Crippen molar-refractivity contribution >= 4 is 11.6 Å². The molecule has 2 rings (SSSR count). The minimum absolute atomic E-state index is 0.0681. The summed E-state index contributed by atoms with van der Waals surface area (Å²) in [6, 6.07) is 7.36. The van der Waals surface area contributed by atoms with Crippen LogP contribution < -0.4 is 10.1 Å². The average molecular weight is 321 g/mol. The van der Waals surface area contributed by atoms with Crippen LogP contribution in [0.4, 0.5) is 5.69 Å². The van der Waals surface area contributed by atoms with Gasteiger partial charge in [0, 0.05) is 19.4 Å². The third-order valence-corrected chi connectivity index (χ3v) is 4.08. The van der Waals surface area contributed by atoms with Crippen molar-refractivity contribution in [1.29, 1.82) is 0 Å². The molecule has 128 valence electrons. The van der Waals surface area contributed by atoms with Crippen LogP contribution in [-0.4, -0.2) is 38.4 Å². The van der Waals surface area contributed by atoms with Gasteiger partial charge in [-0.1, -0.05) is 6.92 Å². The van der Waals surface area contributed by atoms with Crippen LogP contribution in [0.15, 0.2) is 24.3 Å². The molecule has 0 radical (unpaired) electrons. The molecule has 1 N–H and O–H groups in total. The third-order valence-electron chi connectivity index (χ3n) is 4.08. The number of carbonyl (C=O) groups is 1. The Hall–Kier alpha value is -1.59. The number of hydrogen-bond acceptors (Lipinski definition) is 4. The van der Waals surface area contributed by atoms with Crippen molar-refractivity contribution in [2.24, 2.45) is 5.92 Å². The van der Waals surface area contributed by atoms with Gasteiger partial charge in [-0.25, -0.2) is 0 Å². The molecule has 1 aromatic rings. The lowest BCUT2D eigenvalue weighted by Gasteiger charge is -2.28. The molecule has 0 heterocycles. The zero-order valence-corrected chi connectivity index (χ0v) is 14.3. The maximum Gasteiger partial charge on any atom is 0.256 e. The largest absolute Gasteiger partial charge is 0.491 e. The van der Waals surface area contributed by atoms with E-state index in [-0.39, 0.29) is 5.91 Å². The van der Waals surface area contributed by atoms with E-state index in [0.717, 1.165) is 30.7 Å². The first-order valence-electron chi connectivity index (χ1n) is 8.27. The predicted octanol–water partition coefficient (Wildman–Crippen LogP) is 3.25. The molecule has 1 aliphatic carbocycles. The molecule has 5 nitrogen and oxygen atoms in total. The van der Waals surface area contributed by atoms with Gasteiger partial charge in [-0.2, -0.15) is 0 Å². The quantitative estimate of drug-likeness (QED) is 0.672. The lowest BCUT2D eigenvalue weighted by molar-refractivity contribution is -0.142. The molecule has 23 heavy (non-hydrogen) atoms. The Bertz CT molecular complexity index is 498. The number of anilines is 1. The summed E-state index contributed by atoms with van der Waals surface area (Å²) in [4.78, 5) is 12.6. The maximum atomic E-state index is 12.6. The van der Waals surface area contributed by atoms with Crippen molar-refractivity contribution in [1.82, 2.24) is 0 Å². The molecule has 0 aliphatic heterocycles. The molecular formula is C18H27NO4. The summed E-state index contributed by atoms with van der Waals surface area (Å²) in [5, 5.41) is 2.96. The average Bonchev–Trinajstić information content (AvgIpc) is 3.39. The molecular weight excluding hydrogens is 294 g/mol. The van der Waals surface area contributed by atoms with Crippen molar-refractivity contribution in [3.63, 3.8) is 0 Å². The minimum Gasteiger partial charge on any atom is -0.491 e. The Labute approximate surface area is 138 Å². The Morgan fingerprint density at radius 3 is 2.48 bits per heavy atom. The smallest absolute Gasteiger partial charge is 0.256 e. The van der Waals surface area contributed by atoms with Gasteiger partial charge in [0.2, 0.25) is 0 Å². The van der Waals surface area contributed by atoms with Gasteiger partial charge < -0.3 is 19.5 Å². The van der Waals surface area contributed by atoms with Crippen LogP contribution in [0.25, 0.3) is 0 Å². The monoisotopic (exact) mass is 321 g/mol. The summed E-state index contributed by atoms with van der Waals surface area (Å²) in [7, 11) is 1.64. The second kappa shape index (κ2) is 8.31. The number of ether oxygens (including phenoxy) is 3. The van der Waals surface area contributed by atoms with Crippen molar-refractivity contribution in [3.05, 3.63) is 24.3 Å². The Morgan fingerprint density at radius 1 is 1.22 bits per heavy atom. The summed E-state index contributed by atoms with van der Waals surface area (Å²) in [6.07, 6.45) is 3.02. The molecule has 0 unspecified atom stereocenters. The van der Waals surface area contributed by atoms with Crippen molar-refractivity contribution in [2.45, 2.75) is 38.7 Å².